The van der Waals surface area contributed by atoms with Gasteiger partial charge in [0.05, 0.1) is 13.2 Å². The van der Waals surface area contributed by atoms with Crippen molar-refractivity contribution < 1.29 is 13.2 Å². The van der Waals surface area contributed by atoms with Gasteiger partial charge in [0.15, 0.2) is 0 Å². The molecule has 0 bridgehead atoms. The van der Waals surface area contributed by atoms with Crippen LogP contribution in [0.5, 0.6) is 0 Å². The number of hydrogen-bond acceptors (Lipinski definition) is 5. The molecule has 0 saturated carbocycles. The zero-order valence-electron chi connectivity index (χ0n) is 11.8. The monoisotopic (exact) mass is 304 g/mol. The highest BCUT2D eigenvalue weighted by Gasteiger charge is 2.35. The first-order valence-corrected chi connectivity index (χ1v) is 8.85. The molecular formula is C12H24N4O3S. The van der Waals surface area contributed by atoms with Gasteiger partial charge in [0.25, 0.3) is 10.2 Å². The molecule has 0 aromatic rings. The Hall–Kier alpha value is -0.250. The molecule has 3 heterocycles. The number of piperazine rings is 1. The molecule has 3 aliphatic heterocycles. The maximum absolute atomic E-state index is 12.5. The number of rotatable bonds is 3. The van der Waals surface area contributed by atoms with Crippen LogP contribution < -0.4 is 5.32 Å². The molecule has 8 heteroatoms. The van der Waals surface area contributed by atoms with E-state index in [-0.39, 0.29) is 0 Å². The summed E-state index contributed by atoms with van der Waals surface area (Å²) in [5, 5.41) is 3.37. The fourth-order valence-corrected chi connectivity index (χ4v) is 4.75. The first-order chi connectivity index (χ1) is 9.68. The van der Waals surface area contributed by atoms with E-state index in [2.05, 4.69) is 10.2 Å². The molecule has 0 aromatic heterocycles. The lowest BCUT2D eigenvalue weighted by atomic mass is 10.2. The van der Waals surface area contributed by atoms with E-state index in [1.807, 2.05) is 0 Å². The molecule has 116 valence electrons. The van der Waals surface area contributed by atoms with Gasteiger partial charge in [0.2, 0.25) is 0 Å². The molecule has 0 radical (unpaired) electrons. The molecule has 3 fully saturated rings. The van der Waals surface area contributed by atoms with E-state index in [1.54, 1.807) is 8.61 Å². The summed E-state index contributed by atoms with van der Waals surface area (Å²) in [7, 11) is -3.29. The Balaban J connectivity index is 1.56. The fraction of sp³-hybridized carbons (Fsp3) is 1.00. The summed E-state index contributed by atoms with van der Waals surface area (Å²) in [6.07, 6.45) is 1.18. The Morgan fingerprint density at radius 1 is 0.950 bits per heavy atom. The number of hydrogen-bond donors (Lipinski definition) is 1. The Kier molecular flexibility index (Phi) is 4.58. The van der Waals surface area contributed by atoms with Crippen molar-refractivity contribution >= 4 is 10.2 Å². The molecule has 20 heavy (non-hydrogen) atoms. The molecule has 0 aromatic carbocycles. The number of ether oxygens (including phenoxy) is 1. The highest BCUT2D eigenvalue weighted by Crippen LogP contribution is 2.17. The molecule has 3 rings (SSSR count). The minimum Gasteiger partial charge on any atom is -0.379 e. The van der Waals surface area contributed by atoms with Gasteiger partial charge in [-0.1, -0.05) is 0 Å². The van der Waals surface area contributed by atoms with Gasteiger partial charge in [0, 0.05) is 51.9 Å². The highest BCUT2D eigenvalue weighted by atomic mass is 32.2. The van der Waals surface area contributed by atoms with Crippen molar-refractivity contribution in [2.75, 3.05) is 65.6 Å². The van der Waals surface area contributed by atoms with Crippen LogP contribution in [0.3, 0.4) is 0 Å². The van der Waals surface area contributed by atoms with Crippen LogP contribution in [0.1, 0.15) is 6.42 Å². The second-order valence-corrected chi connectivity index (χ2v) is 7.53. The molecule has 0 aliphatic carbocycles. The standard InChI is InChI=1S/C12H24N4O3S/c17-20(18,16-7-9-19-10-8-16)15-5-3-14(4-6-15)12-1-2-13-11-12/h12-13H,1-11H2. The maximum Gasteiger partial charge on any atom is 0.282 e. The van der Waals surface area contributed by atoms with Crippen LogP contribution in [0, 0.1) is 0 Å². The average molecular weight is 304 g/mol. The summed E-state index contributed by atoms with van der Waals surface area (Å²) in [5.74, 6) is 0. The highest BCUT2D eigenvalue weighted by molar-refractivity contribution is 7.86. The summed E-state index contributed by atoms with van der Waals surface area (Å²) in [4.78, 5) is 2.42. The molecular weight excluding hydrogens is 280 g/mol. The number of nitrogens with one attached hydrogen (secondary N) is 1. The van der Waals surface area contributed by atoms with Gasteiger partial charge < -0.3 is 10.1 Å². The Labute approximate surface area is 121 Å². The van der Waals surface area contributed by atoms with Gasteiger partial charge in [-0.05, 0) is 13.0 Å². The fourth-order valence-electron chi connectivity index (χ4n) is 3.19. The van der Waals surface area contributed by atoms with Crippen molar-refractivity contribution in [2.45, 2.75) is 12.5 Å². The average Bonchev–Trinajstić information content (AvgIpc) is 3.02. The molecule has 0 spiro atoms. The van der Waals surface area contributed by atoms with Crippen LogP contribution in [-0.2, 0) is 14.9 Å². The Bertz CT molecular complexity index is 410. The molecule has 3 aliphatic rings. The summed E-state index contributed by atoms with van der Waals surface area (Å²) in [6, 6.07) is 0.586. The SMILES string of the molecule is O=S(=O)(N1CCOCC1)N1CCN(C2CCNC2)CC1. The molecule has 7 nitrogen and oxygen atoms in total. The zero-order chi connectivity index (χ0) is 14.0. The lowest BCUT2D eigenvalue weighted by Crippen LogP contribution is -2.56. The van der Waals surface area contributed by atoms with Gasteiger partial charge in [0.1, 0.15) is 0 Å². The van der Waals surface area contributed by atoms with E-state index >= 15 is 0 Å². The second kappa shape index (κ2) is 6.25. The van der Waals surface area contributed by atoms with Crippen LogP contribution in [0.2, 0.25) is 0 Å². The quantitative estimate of drug-likeness (QED) is 0.691. The van der Waals surface area contributed by atoms with E-state index in [0.717, 1.165) is 26.2 Å². The van der Waals surface area contributed by atoms with Crippen LogP contribution in [0.15, 0.2) is 0 Å². The summed E-state index contributed by atoms with van der Waals surface area (Å²) < 4.78 is 33.5. The molecule has 3 saturated heterocycles. The zero-order valence-corrected chi connectivity index (χ0v) is 12.6. The van der Waals surface area contributed by atoms with Crippen molar-refractivity contribution in [3.8, 4) is 0 Å². The Morgan fingerprint density at radius 3 is 2.20 bits per heavy atom. The minimum absolute atomic E-state index is 0.481. The first kappa shape index (κ1) is 14.7. The topological polar surface area (TPSA) is 65.1 Å². The first-order valence-electron chi connectivity index (χ1n) is 7.46. The van der Waals surface area contributed by atoms with Gasteiger partial charge in [-0.3, -0.25) is 4.90 Å². The van der Waals surface area contributed by atoms with Crippen molar-refractivity contribution in [3.05, 3.63) is 0 Å². The van der Waals surface area contributed by atoms with Crippen LogP contribution in [0.4, 0.5) is 0 Å². The van der Waals surface area contributed by atoms with Crippen LogP contribution >= 0.6 is 0 Å². The van der Waals surface area contributed by atoms with Gasteiger partial charge in [-0.25, -0.2) is 0 Å². The van der Waals surface area contributed by atoms with Crippen molar-refractivity contribution in [1.82, 2.24) is 18.8 Å². The van der Waals surface area contributed by atoms with Crippen molar-refractivity contribution in [1.29, 1.82) is 0 Å². The summed E-state index contributed by atoms with van der Waals surface area (Å²) in [6.45, 7) is 7.00. The summed E-state index contributed by atoms with van der Waals surface area (Å²) in [5.41, 5.74) is 0. The van der Waals surface area contributed by atoms with E-state index in [1.165, 1.54) is 6.42 Å². The van der Waals surface area contributed by atoms with Crippen molar-refractivity contribution in [3.63, 3.8) is 0 Å². The van der Waals surface area contributed by atoms with Gasteiger partial charge >= 0.3 is 0 Å². The predicted octanol–water partition coefficient (Wildman–Crippen LogP) is -1.46. The lowest BCUT2D eigenvalue weighted by Gasteiger charge is -2.39. The molecule has 1 unspecified atom stereocenters. The Morgan fingerprint density at radius 2 is 1.60 bits per heavy atom. The maximum atomic E-state index is 12.5. The number of morpholine rings is 1. The van der Waals surface area contributed by atoms with E-state index in [4.69, 9.17) is 4.74 Å². The van der Waals surface area contributed by atoms with E-state index in [0.29, 0.717) is 45.4 Å². The third-order valence-electron chi connectivity index (χ3n) is 4.45. The molecule has 1 N–H and O–H groups in total. The predicted molar refractivity (Wildman–Crippen MR) is 75.7 cm³/mol. The smallest absolute Gasteiger partial charge is 0.282 e. The van der Waals surface area contributed by atoms with E-state index < -0.39 is 10.2 Å². The molecule has 0 amide bonds. The normalized spacial score (nSPS) is 31.7. The largest absolute Gasteiger partial charge is 0.379 e. The van der Waals surface area contributed by atoms with Crippen LogP contribution in [0.25, 0.3) is 0 Å². The lowest BCUT2D eigenvalue weighted by molar-refractivity contribution is 0.0676. The minimum atomic E-state index is -3.29. The third-order valence-corrected chi connectivity index (χ3v) is 6.48. The third kappa shape index (κ3) is 3.00. The molecule has 1 atom stereocenters. The summed E-state index contributed by atoms with van der Waals surface area (Å²) >= 11 is 0. The van der Waals surface area contributed by atoms with Crippen LogP contribution in [-0.4, -0.2) is 93.5 Å². The van der Waals surface area contributed by atoms with E-state index in [9.17, 15) is 8.42 Å². The van der Waals surface area contributed by atoms with Gasteiger partial charge in [-0.15, -0.1) is 0 Å². The van der Waals surface area contributed by atoms with Crippen molar-refractivity contribution in [2.24, 2.45) is 0 Å². The second-order valence-electron chi connectivity index (χ2n) is 5.60. The van der Waals surface area contributed by atoms with Gasteiger partial charge in [-0.2, -0.15) is 17.0 Å². The number of nitrogens with zero attached hydrogens (tertiary/aromatic N) is 3.